The third kappa shape index (κ3) is 3.24. The van der Waals surface area contributed by atoms with Crippen molar-refractivity contribution in [1.82, 2.24) is 0 Å². The summed E-state index contributed by atoms with van der Waals surface area (Å²) in [5, 5.41) is 0. The van der Waals surface area contributed by atoms with Gasteiger partial charge in [-0.05, 0) is 49.9 Å². The SMILES string of the molecule is C[C@H]1Cc2cc(C(=O)COC(=O)C3CC3)ccc2N1S(C)(=O)=O. The Bertz CT molecular complexity index is 767. The molecular weight excluding hydrogens is 318 g/mol. The summed E-state index contributed by atoms with van der Waals surface area (Å²) >= 11 is 0. The van der Waals surface area contributed by atoms with Gasteiger partial charge in [-0.25, -0.2) is 8.42 Å². The number of esters is 1. The van der Waals surface area contributed by atoms with Crippen molar-refractivity contribution in [1.29, 1.82) is 0 Å². The minimum atomic E-state index is -3.34. The molecule has 0 radical (unpaired) electrons. The number of rotatable bonds is 5. The second kappa shape index (κ2) is 5.63. The zero-order valence-electron chi connectivity index (χ0n) is 13.1. The summed E-state index contributed by atoms with van der Waals surface area (Å²) in [5.41, 5.74) is 1.88. The van der Waals surface area contributed by atoms with E-state index in [0.717, 1.165) is 18.4 Å². The zero-order valence-corrected chi connectivity index (χ0v) is 13.9. The first-order valence-electron chi connectivity index (χ1n) is 7.59. The normalized spacial score (nSPS) is 20.3. The number of fused-ring (bicyclic) bond motifs is 1. The number of carbonyl (C=O) groups excluding carboxylic acids is 2. The molecule has 3 rings (SSSR count). The van der Waals surface area contributed by atoms with E-state index >= 15 is 0 Å². The highest BCUT2D eigenvalue weighted by Gasteiger charge is 2.33. The van der Waals surface area contributed by atoms with E-state index in [2.05, 4.69) is 0 Å². The molecule has 1 heterocycles. The lowest BCUT2D eigenvalue weighted by molar-refractivity contribution is -0.144. The van der Waals surface area contributed by atoms with Crippen LogP contribution in [-0.4, -0.2) is 39.1 Å². The number of anilines is 1. The first-order chi connectivity index (χ1) is 10.8. The monoisotopic (exact) mass is 337 g/mol. The Hall–Kier alpha value is -1.89. The van der Waals surface area contributed by atoms with Crippen molar-refractivity contribution in [2.45, 2.75) is 32.2 Å². The van der Waals surface area contributed by atoms with Gasteiger partial charge in [0.15, 0.2) is 12.4 Å². The van der Waals surface area contributed by atoms with Crippen molar-refractivity contribution in [2.75, 3.05) is 17.2 Å². The summed E-state index contributed by atoms with van der Waals surface area (Å²) in [7, 11) is -3.34. The lowest BCUT2D eigenvalue weighted by atomic mass is 10.0. The van der Waals surface area contributed by atoms with Crippen molar-refractivity contribution in [3.63, 3.8) is 0 Å². The second-order valence-electron chi connectivity index (χ2n) is 6.26. The lowest BCUT2D eigenvalue weighted by Gasteiger charge is -2.21. The van der Waals surface area contributed by atoms with Crippen LogP contribution in [0.3, 0.4) is 0 Å². The molecule has 0 unspecified atom stereocenters. The van der Waals surface area contributed by atoms with E-state index in [4.69, 9.17) is 4.74 Å². The Kier molecular flexibility index (Phi) is 3.91. The third-order valence-electron chi connectivity index (χ3n) is 4.17. The van der Waals surface area contributed by atoms with Crippen LogP contribution in [0.2, 0.25) is 0 Å². The second-order valence-corrected chi connectivity index (χ2v) is 8.12. The van der Waals surface area contributed by atoms with Crippen LogP contribution in [0.1, 0.15) is 35.7 Å². The molecule has 1 fully saturated rings. The molecule has 1 aliphatic carbocycles. The van der Waals surface area contributed by atoms with Crippen LogP contribution < -0.4 is 4.31 Å². The number of ketones is 1. The van der Waals surface area contributed by atoms with Gasteiger partial charge in [0.25, 0.3) is 0 Å². The molecule has 6 nitrogen and oxygen atoms in total. The van der Waals surface area contributed by atoms with Gasteiger partial charge < -0.3 is 4.74 Å². The molecule has 1 saturated carbocycles. The summed E-state index contributed by atoms with van der Waals surface area (Å²) in [6, 6.07) is 4.76. The molecule has 1 atom stereocenters. The molecule has 1 aromatic rings. The van der Waals surface area contributed by atoms with E-state index in [-0.39, 0.29) is 30.3 Å². The van der Waals surface area contributed by atoms with Crippen LogP contribution in [-0.2, 0) is 26.0 Å². The third-order valence-corrected chi connectivity index (χ3v) is 5.44. The first kappa shape index (κ1) is 16.0. The predicted octanol–water partition coefficient (Wildman–Crippen LogP) is 1.53. The fraction of sp³-hybridized carbons (Fsp3) is 0.500. The van der Waals surface area contributed by atoms with Crippen LogP contribution in [0, 0.1) is 5.92 Å². The van der Waals surface area contributed by atoms with E-state index in [1.807, 2.05) is 6.92 Å². The van der Waals surface area contributed by atoms with Crippen molar-refractivity contribution >= 4 is 27.5 Å². The Morgan fingerprint density at radius 3 is 2.61 bits per heavy atom. The van der Waals surface area contributed by atoms with E-state index in [9.17, 15) is 18.0 Å². The maximum atomic E-state index is 12.1. The first-order valence-corrected chi connectivity index (χ1v) is 9.44. The summed E-state index contributed by atoms with van der Waals surface area (Å²) in [6.45, 7) is 1.57. The van der Waals surface area contributed by atoms with Crippen molar-refractivity contribution in [3.05, 3.63) is 29.3 Å². The molecule has 0 N–H and O–H groups in total. The zero-order chi connectivity index (χ0) is 16.8. The number of Topliss-reactive ketones (excluding diaryl/α,β-unsaturated/α-hetero) is 1. The van der Waals surface area contributed by atoms with Gasteiger partial charge in [0, 0.05) is 11.6 Å². The molecule has 7 heteroatoms. The highest BCUT2D eigenvalue weighted by Crippen LogP contribution is 2.35. The van der Waals surface area contributed by atoms with E-state index < -0.39 is 10.0 Å². The van der Waals surface area contributed by atoms with Crippen molar-refractivity contribution in [3.8, 4) is 0 Å². The number of hydrogen-bond donors (Lipinski definition) is 0. The molecule has 2 aliphatic rings. The van der Waals surface area contributed by atoms with Gasteiger partial charge in [-0.15, -0.1) is 0 Å². The number of benzene rings is 1. The van der Waals surface area contributed by atoms with Gasteiger partial charge in [0.1, 0.15) is 0 Å². The van der Waals surface area contributed by atoms with Crippen LogP contribution in [0.15, 0.2) is 18.2 Å². The van der Waals surface area contributed by atoms with Crippen LogP contribution >= 0.6 is 0 Å². The Labute approximate surface area is 135 Å². The number of ether oxygens (including phenoxy) is 1. The van der Waals surface area contributed by atoms with E-state index in [0.29, 0.717) is 17.7 Å². The summed E-state index contributed by atoms with van der Waals surface area (Å²) in [4.78, 5) is 23.6. The smallest absolute Gasteiger partial charge is 0.309 e. The number of nitrogens with zero attached hydrogens (tertiary/aromatic N) is 1. The summed E-state index contributed by atoms with van der Waals surface area (Å²) in [5.74, 6) is -0.615. The molecule has 124 valence electrons. The topological polar surface area (TPSA) is 80.8 Å². The molecule has 0 amide bonds. The highest BCUT2D eigenvalue weighted by atomic mass is 32.2. The van der Waals surface area contributed by atoms with Crippen molar-refractivity contribution < 1.29 is 22.7 Å². The number of hydrogen-bond acceptors (Lipinski definition) is 5. The van der Waals surface area contributed by atoms with Gasteiger partial charge in [0.2, 0.25) is 10.0 Å². The predicted molar refractivity (Wildman–Crippen MR) is 84.9 cm³/mol. The van der Waals surface area contributed by atoms with Gasteiger partial charge >= 0.3 is 5.97 Å². The highest BCUT2D eigenvalue weighted by molar-refractivity contribution is 7.92. The summed E-state index contributed by atoms with van der Waals surface area (Å²) in [6.07, 6.45) is 3.41. The Balaban J connectivity index is 1.75. The van der Waals surface area contributed by atoms with Crippen LogP contribution in [0.5, 0.6) is 0 Å². The molecule has 23 heavy (non-hydrogen) atoms. The Morgan fingerprint density at radius 1 is 1.30 bits per heavy atom. The average Bonchev–Trinajstić information content (AvgIpc) is 3.24. The van der Waals surface area contributed by atoms with E-state index in [1.165, 1.54) is 10.6 Å². The van der Waals surface area contributed by atoms with Crippen LogP contribution in [0.25, 0.3) is 0 Å². The molecule has 0 spiro atoms. The quantitative estimate of drug-likeness (QED) is 0.601. The standard InChI is InChI=1S/C16H19NO5S/c1-10-7-13-8-12(5-6-14(13)17(10)23(2,20)21)15(18)9-22-16(19)11-3-4-11/h5-6,8,10-11H,3-4,7,9H2,1-2H3/t10-/m0/s1. The maximum absolute atomic E-state index is 12.1. The molecule has 0 bridgehead atoms. The minimum Gasteiger partial charge on any atom is -0.457 e. The van der Waals surface area contributed by atoms with E-state index in [1.54, 1.807) is 18.2 Å². The average molecular weight is 337 g/mol. The molecule has 0 aromatic heterocycles. The van der Waals surface area contributed by atoms with Gasteiger partial charge in [-0.2, -0.15) is 0 Å². The maximum Gasteiger partial charge on any atom is 0.309 e. The number of sulfonamides is 1. The van der Waals surface area contributed by atoms with Gasteiger partial charge in [-0.3, -0.25) is 13.9 Å². The summed E-state index contributed by atoms with van der Waals surface area (Å²) < 4.78 is 30.1. The fourth-order valence-corrected chi connectivity index (χ4v) is 4.20. The molecular formula is C16H19NO5S. The molecule has 0 saturated heterocycles. The Morgan fingerprint density at radius 2 is 2.00 bits per heavy atom. The van der Waals surface area contributed by atoms with Gasteiger partial charge in [0.05, 0.1) is 17.9 Å². The van der Waals surface area contributed by atoms with Crippen molar-refractivity contribution in [2.24, 2.45) is 5.92 Å². The lowest BCUT2D eigenvalue weighted by Crippen LogP contribution is -2.34. The molecule has 1 aromatic carbocycles. The van der Waals surface area contributed by atoms with Gasteiger partial charge in [-0.1, -0.05) is 0 Å². The fourth-order valence-electron chi connectivity index (χ4n) is 2.94. The largest absolute Gasteiger partial charge is 0.457 e. The number of carbonyl (C=O) groups is 2. The van der Waals surface area contributed by atoms with Crippen LogP contribution in [0.4, 0.5) is 5.69 Å². The molecule has 1 aliphatic heterocycles. The minimum absolute atomic E-state index is 0.0352.